The molecule has 1 aliphatic heterocycles. The van der Waals surface area contributed by atoms with Gasteiger partial charge < -0.3 is 5.32 Å². The summed E-state index contributed by atoms with van der Waals surface area (Å²) < 4.78 is 13.2. The quantitative estimate of drug-likeness (QED) is 0.566. The van der Waals surface area contributed by atoms with Crippen LogP contribution in [0.1, 0.15) is 32.6 Å². The predicted octanol–water partition coefficient (Wildman–Crippen LogP) is 1.88. The van der Waals surface area contributed by atoms with Crippen LogP contribution in [0.15, 0.2) is 0 Å². The summed E-state index contributed by atoms with van der Waals surface area (Å²) >= 11 is 0. The molecule has 1 saturated carbocycles. The van der Waals surface area contributed by atoms with Crippen molar-refractivity contribution in [1.29, 1.82) is 0 Å². The SMILES string of the molecule is CC1(F)CC2(CCNCC2)C1. The first-order chi connectivity index (χ1) is 5.12. The lowest BCUT2D eigenvalue weighted by molar-refractivity contribution is -0.0716. The van der Waals surface area contributed by atoms with Gasteiger partial charge in [-0.25, -0.2) is 4.39 Å². The van der Waals surface area contributed by atoms with Crippen LogP contribution in [-0.4, -0.2) is 18.8 Å². The topological polar surface area (TPSA) is 12.0 Å². The number of hydrogen-bond acceptors (Lipinski definition) is 1. The third kappa shape index (κ3) is 1.28. The van der Waals surface area contributed by atoms with Crippen LogP contribution in [0.4, 0.5) is 4.39 Å². The van der Waals surface area contributed by atoms with Gasteiger partial charge in [-0.3, -0.25) is 0 Å². The van der Waals surface area contributed by atoms with Gasteiger partial charge in [0.2, 0.25) is 0 Å². The molecule has 0 aromatic carbocycles. The molecule has 1 N–H and O–H groups in total. The van der Waals surface area contributed by atoms with Crippen LogP contribution in [0.2, 0.25) is 0 Å². The van der Waals surface area contributed by atoms with Crippen molar-refractivity contribution < 1.29 is 4.39 Å². The molecule has 0 atom stereocenters. The van der Waals surface area contributed by atoms with E-state index >= 15 is 0 Å². The summed E-state index contributed by atoms with van der Waals surface area (Å²) in [5.74, 6) is 0. The molecule has 1 aliphatic carbocycles. The first-order valence-corrected chi connectivity index (χ1v) is 4.52. The van der Waals surface area contributed by atoms with E-state index in [2.05, 4.69) is 5.32 Å². The molecule has 0 aromatic heterocycles. The van der Waals surface area contributed by atoms with Crippen LogP contribution in [0.25, 0.3) is 0 Å². The third-order valence-corrected chi connectivity index (χ3v) is 3.15. The van der Waals surface area contributed by atoms with E-state index in [1.54, 1.807) is 6.92 Å². The molecule has 1 heterocycles. The molecule has 0 amide bonds. The number of piperidine rings is 1. The van der Waals surface area contributed by atoms with Crippen LogP contribution in [-0.2, 0) is 0 Å². The van der Waals surface area contributed by atoms with Crippen LogP contribution in [0.5, 0.6) is 0 Å². The van der Waals surface area contributed by atoms with Gasteiger partial charge in [0.15, 0.2) is 0 Å². The molecule has 1 saturated heterocycles. The molecule has 2 aliphatic rings. The minimum atomic E-state index is -0.836. The van der Waals surface area contributed by atoms with Crippen molar-refractivity contribution in [3.8, 4) is 0 Å². The zero-order chi connectivity index (χ0) is 7.95. The van der Waals surface area contributed by atoms with E-state index in [-0.39, 0.29) is 0 Å². The fourth-order valence-corrected chi connectivity index (χ4v) is 2.82. The van der Waals surface area contributed by atoms with Crippen molar-refractivity contribution in [2.24, 2.45) is 5.41 Å². The zero-order valence-electron chi connectivity index (χ0n) is 7.12. The molecule has 2 fully saturated rings. The molecule has 0 radical (unpaired) electrons. The number of nitrogens with one attached hydrogen (secondary N) is 1. The molecule has 2 rings (SSSR count). The number of alkyl halides is 1. The summed E-state index contributed by atoms with van der Waals surface area (Å²) in [6.45, 7) is 3.92. The Morgan fingerprint density at radius 3 is 2.18 bits per heavy atom. The fraction of sp³-hybridized carbons (Fsp3) is 1.00. The Morgan fingerprint density at radius 1 is 1.18 bits per heavy atom. The average molecular weight is 157 g/mol. The van der Waals surface area contributed by atoms with E-state index in [1.807, 2.05) is 0 Å². The smallest absolute Gasteiger partial charge is 0.109 e. The molecule has 1 spiro atoms. The lowest BCUT2D eigenvalue weighted by atomic mass is 9.57. The van der Waals surface area contributed by atoms with Crippen molar-refractivity contribution in [1.82, 2.24) is 5.32 Å². The maximum atomic E-state index is 13.2. The first-order valence-electron chi connectivity index (χ1n) is 4.52. The van der Waals surface area contributed by atoms with Gasteiger partial charge in [-0.05, 0) is 51.1 Å². The van der Waals surface area contributed by atoms with Crippen molar-refractivity contribution >= 4 is 0 Å². The Hall–Kier alpha value is -0.110. The molecule has 2 heteroatoms. The van der Waals surface area contributed by atoms with Crippen LogP contribution < -0.4 is 5.32 Å². The van der Waals surface area contributed by atoms with Crippen molar-refractivity contribution in [2.45, 2.75) is 38.3 Å². The molecule has 64 valence electrons. The fourth-order valence-electron chi connectivity index (χ4n) is 2.82. The summed E-state index contributed by atoms with van der Waals surface area (Å²) in [7, 11) is 0. The number of halogens is 1. The van der Waals surface area contributed by atoms with E-state index in [9.17, 15) is 4.39 Å². The average Bonchev–Trinajstić information content (AvgIpc) is 1.85. The molecule has 11 heavy (non-hydrogen) atoms. The highest BCUT2D eigenvalue weighted by Gasteiger charge is 2.52. The molecular weight excluding hydrogens is 141 g/mol. The molecular formula is C9H16FN. The van der Waals surface area contributed by atoms with Gasteiger partial charge in [0.1, 0.15) is 5.67 Å². The van der Waals surface area contributed by atoms with E-state index in [1.165, 1.54) is 12.8 Å². The minimum Gasteiger partial charge on any atom is -0.317 e. The van der Waals surface area contributed by atoms with Gasteiger partial charge in [-0.15, -0.1) is 0 Å². The maximum absolute atomic E-state index is 13.2. The summed E-state index contributed by atoms with van der Waals surface area (Å²) in [5.41, 5.74) is -0.438. The van der Waals surface area contributed by atoms with Crippen molar-refractivity contribution in [3.63, 3.8) is 0 Å². The van der Waals surface area contributed by atoms with Gasteiger partial charge in [-0.2, -0.15) is 0 Å². The van der Waals surface area contributed by atoms with Crippen molar-refractivity contribution in [3.05, 3.63) is 0 Å². The number of hydrogen-bond donors (Lipinski definition) is 1. The standard InChI is InChI=1S/C9H16FN/c1-8(10)6-9(7-8)2-4-11-5-3-9/h11H,2-7H2,1H3. The van der Waals surface area contributed by atoms with Crippen LogP contribution in [0, 0.1) is 5.41 Å². The van der Waals surface area contributed by atoms with Crippen LogP contribution >= 0.6 is 0 Å². The van der Waals surface area contributed by atoms with Gasteiger partial charge in [0.25, 0.3) is 0 Å². The van der Waals surface area contributed by atoms with Crippen LogP contribution in [0.3, 0.4) is 0 Å². The molecule has 0 unspecified atom stereocenters. The monoisotopic (exact) mass is 157 g/mol. The minimum absolute atomic E-state index is 0.398. The molecule has 1 nitrogen and oxygen atoms in total. The number of rotatable bonds is 0. The lowest BCUT2D eigenvalue weighted by Crippen LogP contribution is -2.51. The van der Waals surface area contributed by atoms with Crippen molar-refractivity contribution in [2.75, 3.05) is 13.1 Å². The highest BCUT2D eigenvalue weighted by atomic mass is 19.1. The first kappa shape index (κ1) is 7.53. The largest absolute Gasteiger partial charge is 0.317 e. The van der Waals surface area contributed by atoms with E-state index < -0.39 is 5.67 Å². The Balaban J connectivity index is 1.94. The van der Waals surface area contributed by atoms with E-state index in [4.69, 9.17) is 0 Å². The maximum Gasteiger partial charge on any atom is 0.109 e. The third-order valence-electron chi connectivity index (χ3n) is 3.15. The second-order valence-electron chi connectivity index (χ2n) is 4.52. The summed E-state index contributed by atoms with van der Waals surface area (Å²) in [6, 6.07) is 0. The highest BCUT2D eigenvalue weighted by molar-refractivity contribution is 5.03. The lowest BCUT2D eigenvalue weighted by Gasteiger charge is -2.52. The van der Waals surface area contributed by atoms with E-state index in [0.717, 1.165) is 25.9 Å². The van der Waals surface area contributed by atoms with Gasteiger partial charge >= 0.3 is 0 Å². The summed E-state index contributed by atoms with van der Waals surface area (Å²) in [4.78, 5) is 0. The molecule has 0 aromatic rings. The van der Waals surface area contributed by atoms with E-state index in [0.29, 0.717) is 5.41 Å². The zero-order valence-corrected chi connectivity index (χ0v) is 7.12. The Bertz CT molecular complexity index is 149. The van der Waals surface area contributed by atoms with Gasteiger partial charge in [0, 0.05) is 0 Å². The Morgan fingerprint density at radius 2 is 1.73 bits per heavy atom. The molecule has 0 bridgehead atoms. The van der Waals surface area contributed by atoms with Gasteiger partial charge in [0.05, 0.1) is 0 Å². The summed E-state index contributed by atoms with van der Waals surface area (Å²) in [6.07, 6.45) is 3.99. The predicted molar refractivity (Wildman–Crippen MR) is 43.3 cm³/mol. The Labute approximate surface area is 67.4 Å². The second-order valence-corrected chi connectivity index (χ2v) is 4.52. The van der Waals surface area contributed by atoms with Gasteiger partial charge in [-0.1, -0.05) is 0 Å². The normalized spacial score (nSPS) is 33.3. The highest BCUT2D eigenvalue weighted by Crippen LogP contribution is 2.55. The Kier molecular flexibility index (Phi) is 1.50. The summed E-state index contributed by atoms with van der Waals surface area (Å²) in [5, 5.41) is 3.31. The second kappa shape index (κ2) is 2.19.